The van der Waals surface area contributed by atoms with Crippen molar-refractivity contribution in [2.75, 3.05) is 6.54 Å². The molecular formula is C19H26N2O3. The average molecular weight is 330 g/mol. The summed E-state index contributed by atoms with van der Waals surface area (Å²) in [6.45, 7) is 4.10. The molecule has 0 saturated heterocycles. The predicted octanol–water partition coefficient (Wildman–Crippen LogP) is 3.73. The number of hydrogen-bond donors (Lipinski definition) is 1. The van der Waals surface area contributed by atoms with Crippen LogP contribution in [0.4, 0.5) is 0 Å². The van der Waals surface area contributed by atoms with Crippen LogP contribution in [-0.2, 0) is 9.59 Å². The third-order valence-electron chi connectivity index (χ3n) is 4.44. The lowest BCUT2D eigenvalue weighted by Gasteiger charge is -2.26. The summed E-state index contributed by atoms with van der Waals surface area (Å²) >= 11 is 0. The second kappa shape index (κ2) is 8.62. The maximum Gasteiger partial charge on any atom is 0.290 e. The Kier molecular flexibility index (Phi) is 6.53. The van der Waals surface area contributed by atoms with Crippen molar-refractivity contribution in [3.05, 3.63) is 41.4 Å². The molecule has 1 N–H and O–H groups in total. The lowest BCUT2D eigenvalue weighted by molar-refractivity contribution is -0.129. The summed E-state index contributed by atoms with van der Waals surface area (Å²) in [5, 5.41) is 10.1. The fraction of sp³-hybridized carbons (Fsp3) is 0.526. The van der Waals surface area contributed by atoms with Gasteiger partial charge in [0.25, 0.3) is 5.91 Å². The van der Waals surface area contributed by atoms with Gasteiger partial charge in [-0.05, 0) is 25.0 Å². The first kappa shape index (κ1) is 18.2. The van der Waals surface area contributed by atoms with E-state index in [2.05, 4.69) is 11.9 Å². The van der Waals surface area contributed by atoms with Crippen LogP contribution in [0.15, 0.2) is 35.9 Å². The molecule has 0 fully saturated rings. The van der Waals surface area contributed by atoms with Crippen LogP contribution in [0.3, 0.4) is 0 Å². The van der Waals surface area contributed by atoms with E-state index in [9.17, 15) is 14.7 Å². The zero-order chi connectivity index (χ0) is 17.5. The molecule has 1 amide bonds. The van der Waals surface area contributed by atoms with Crippen molar-refractivity contribution in [2.24, 2.45) is 0 Å². The van der Waals surface area contributed by atoms with Crippen LogP contribution in [0.25, 0.3) is 0 Å². The third-order valence-corrected chi connectivity index (χ3v) is 4.44. The van der Waals surface area contributed by atoms with E-state index in [0.29, 0.717) is 6.54 Å². The van der Waals surface area contributed by atoms with Gasteiger partial charge in [-0.25, -0.2) is 0 Å². The Morgan fingerprint density at radius 2 is 1.96 bits per heavy atom. The Balaban J connectivity index is 2.11. The van der Waals surface area contributed by atoms with E-state index in [0.717, 1.165) is 24.8 Å². The number of rotatable bonds is 9. The molecule has 1 aliphatic rings. The van der Waals surface area contributed by atoms with Crippen LogP contribution in [0.2, 0.25) is 0 Å². The Morgan fingerprint density at radius 3 is 2.58 bits per heavy atom. The molecular weight excluding hydrogens is 304 g/mol. The number of pyridine rings is 1. The molecule has 2 heterocycles. The van der Waals surface area contributed by atoms with Crippen molar-refractivity contribution in [2.45, 2.75) is 58.4 Å². The van der Waals surface area contributed by atoms with Crippen LogP contribution in [-0.4, -0.2) is 33.2 Å². The molecule has 1 aromatic rings. The molecule has 2 rings (SSSR count). The quantitative estimate of drug-likeness (QED) is 0.700. The van der Waals surface area contributed by atoms with Crippen LogP contribution < -0.4 is 0 Å². The average Bonchev–Trinajstić information content (AvgIpc) is 2.83. The van der Waals surface area contributed by atoms with Gasteiger partial charge in [0.05, 0.1) is 11.6 Å². The van der Waals surface area contributed by atoms with Gasteiger partial charge >= 0.3 is 0 Å². The van der Waals surface area contributed by atoms with Crippen LogP contribution in [0, 0.1) is 0 Å². The number of aliphatic hydroxyl groups is 1. The molecule has 0 radical (unpaired) electrons. The van der Waals surface area contributed by atoms with Gasteiger partial charge in [-0.15, -0.1) is 0 Å². The molecule has 5 heteroatoms. The molecule has 5 nitrogen and oxygen atoms in total. The zero-order valence-corrected chi connectivity index (χ0v) is 14.5. The monoisotopic (exact) mass is 330 g/mol. The van der Waals surface area contributed by atoms with Gasteiger partial charge < -0.3 is 10.0 Å². The predicted molar refractivity (Wildman–Crippen MR) is 92.4 cm³/mol. The van der Waals surface area contributed by atoms with E-state index in [4.69, 9.17) is 0 Å². The molecule has 0 aliphatic carbocycles. The summed E-state index contributed by atoms with van der Waals surface area (Å²) in [7, 11) is 0. The molecule has 0 bridgehead atoms. The fourth-order valence-corrected chi connectivity index (χ4v) is 3.19. The summed E-state index contributed by atoms with van der Waals surface area (Å²) in [5.41, 5.74) is 0.935. The minimum absolute atomic E-state index is 0.180. The Bertz CT molecular complexity index is 610. The smallest absolute Gasteiger partial charge is 0.290 e. The van der Waals surface area contributed by atoms with E-state index in [1.54, 1.807) is 23.4 Å². The highest BCUT2D eigenvalue weighted by atomic mass is 16.3. The van der Waals surface area contributed by atoms with E-state index < -0.39 is 17.7 Å². The Hall–Kier alpha value is -2.17. The van der Waals surface area contributed by atoms with Gasteiger partial charge in [0.2, 0.25) is 0 Å². The number of carbonyl (C=O) groups is 2. The van der Waals surface area contributed by atoms with Gasteiger partial charge in [0.1, 0.15) is 0 Å². The SMILES string of the molecule is CCCCCCCCN1C(=O)C(O)=C(C(C)=O)[C@@H]1c1cccnc1. The molecule has 24 heavy (non-hydrogen) atoms. The number of hydrogen-bond acceptors (Lipinski definition) is 4. The minimum Gasteiger partial charge on any atom is -0.503 e. The standard InChI is InChI=1S/C19H26N2O3/c1-3-4-5-6-7-8-12-21-17(15-10-9-11-20-13-15)16(14(2)22)18(23)19(21)24/h9-11,13,17,23H,3-8,12H2,1-2H3/t17-/m0/s1. The number of amides is 1. The maximum atomic E-state index is 12.4. The maximum absolute atomic E-state index is 12.4. The van der Waals surface area contributed by atoms with Gasteiger partial charge in [-0.3, -0.25) is 14.6 Å². The van der Waals surface area contributed by atoms with Crippen LogP contribution >= 0.6 is 0 Å². The summed E-state index contributed by atoms with van der Waals surface area (Å²) in [6.07, 6.45) is 9.99. The van der Waals surface area contributed by atoms with E-state index >= 15 is 0 Å². The fourth-order valence-electron chi connectivity index (χ4n) is 3.19. The first-order valence-electron chi connectivity index (χ1n) is 8.72. The topological polar surface area (TPSA) is 70.5 Å². The van der Waals surface area contributed by atoms with Gasteiger partial charge in [0.15, 0.2) is 11.5 Å². The van der Waals surface area contributed by atoms with Crippen molar-refractivity contribution < 1.29 is 14.7 Å². The first-order valence-corrected chi connectivity index (χ1v) is 8.72. The Labute approximate surface area is 143 Å². The largest absolute Gasteiger partial charge is 0.503 e. The van der Waals surface area contributed by atoms with Crippen molar-refractivity contribution in [1.29, 1.82) is 0 Å². The van der Waals surface area contributed by atoms with Crippen LogP contribution in [0.1, 0.15) is 64.0 Å². The lowest BCUT2D eigenvalue weighted by Crippen LogP contribution is -2.32. The summed E-state index contributed by atoms with van der Waals surface area (Å²) in [5.74, 6) is -1.15. The number of carbonyl (C=O) groups excluding carboxylic acids is 2. The van der Waals surface area contributed by atoms with E-state index in [1.807, 2.05) is 6.07 Å². The molecule has 1 atom stereocenters. The number of aliphatic hydroxyl groups excluding tert-OH is 1. The first-order chi connectivity index (χ1) is 11.6. The zero-order valence-electron chi connectivity index (χ0n) is 14.5. The highest BCUT2D eigenvalue weighted by molar-refractivity contribution is 6.08. The van der Waals surface area contributed by atoms with Crippen molar-refractivity contribution in [3.8, 4) is 0 Å². The van der Waals surface area contributed by atoms with Gasteiger partial charge in [-0.2, -0.15) is 0 Å². The molecule has 0 saturated carbocycles. The molecule has 1 aromatic heterocycles. The summed E-state index contributed by atoms with van der Waals surface area (Å²) < 4.78 is 0. The normalized spacial score (nSPS) is 17.7. The number of unbranched alkanes of at least 4 members (excludes halogenated alkanes) is 5. The second-order valence-electron chi connectivity index (χ2n) is 6.27. The summed E-state index contributed by atoms with van der Waals surface area (Å²) in [6, 6.07) is 3.08. The van der Waals surface area contributed by atoms with Gasteiger partial charge in [-0.1, -0.05) is 45.1 Å². The highest BCUT2D eigenvalue weighted by Gasteiger charge is 2.41. The third kappa shape index (κ3) is 4.02. The number of nitrogens with zero attached hydrogens (tertiary/aromatic N) is 2. The number of Topliss-reactive ketones (excluding diaryl/α,β-unsaturated/α-hetero) is 1. The second-order valence-corrected chi connectivity index (χ2v) is 6.27. The van der Waals surface area contributed by atoms with E-state index in [1.165, 1.54) is 26.2 Å². The Morgan fingerprint density at radius 1 is 1.25 bits per heavy atom. The van der Waals surface area contributed by atoms with Gasteiger partial charge in [0, 0.05) is 18.9 Å². The van der Waals surface area contributed by atoms with Crippen molar-refractivity contribution in [1.82, 2.24) is 9.88 Å². The molecule has 1 aliphatic heterocycles. The molecule has 0 unspecified atom stereocenters. The van der Waals surface area contributed by atoms with Crippen LogP contribution in [0.5, 0.6) is 0 Å². The minimum atomic E-state index is -0.528. The van der Waals surface area contributed by atoms with Crippen molar-refractivity contribution >= 4 is 11.7 Å². The highest BCUT2D eigenvalue weighted by Crippen LogP contribution is 2.37. The molecule has 0 spiro atoms. The lowest BCUT2D eigenvalue weighted by atomic mass is 9.98. The number of ketones is 1. The van der Waals surface area contributed by atoms with Crippen molar-refractivity contribution in [3.63, 3.8) is 0 Å². The summed E-state index contributed by atoms with van der Waals surface area (Å²) in [4.78, 5) is 30.1. The molecule has 0 aromatic carbocycles. The molecule has 130 valence electrons. The van der Waals surface area contributed by atoms with E-state index in [-0.39, 0.29) is 11.4 Å². The number of aromatic nitrogens is 1.